The molecule has 1 heterocycles. The van der Waals surface area contributed by atoms with Crippen LogP contribution in [0.25, 0.3) is 0 Å². The molecular formula is C8H12N4O3. The number of carbonyl (C=O) groups is 2. The van der Waals surface area contributed by atoms with Crippen LogP contribution in [0.15, 0.2) is 0 Å². The van der Waals surface area contributed by atoms with Crippen molar-refractivity contribution in [2.45, 2.75) is 13.5 Å². The van der Waals surface area contributed by atoms with E-state index in [9.17, 15) is 9.59 Å². The first kappa shape index (κ1) is 11.0. The second kappa shape index (κ2) is 3.99. The summed E-state index contributed by atoms with van der Waals surface area (Å²) < 4.78 is 5.84. The smallest absolute Gasteiger partial charge is 0.360 e. The summed E-state index contributed by atoms with van der Waals surface area (Å²) in [6, 6.07) is 0. The molecule has 7 nitrogen and oxygen atoms in total. The highest BCUT2D eigenvalue weighted by Gasteiger charge is 2.19. The zero-order valence-corrected chi connectivity index (χ0v) is 8.48. The molecule has 0 aromatic carbocycles. The van der Waals surface area contributed by atoms with Crippen LogP contribution in [0.3, 0.4) is 0 Å². The monoisotopic (exact) mass is 212 g/mol. The zero-order chi connectivity index (χ0) is 11.6. The van der Waals surface area contributed by atoms with Gasteiger partial charge in [0.15, 0.2) is 5.69 Å². The Labute approximate surface area is 86.0 Å². The molecule has 82 valence electrons. The number of nitrogens with two attached hydrogens (primary N) is 2. The lowest BCUT2D eigenvalue weighted by atomic mass is 10.4. The third-order valence-corrected chi connectivity index (χ3v) is 1.89. The van der Waals surface area contributed by atoms with Crippen molar-refractivity contribution in [3.8, 4) is 0 Å². The van der Waals surface area contributed by atoms with Crippen molar-refractivity contribution in [2.24, 2.45) is 5.73 Å². The molecule has 4 N–H and O–H groups in total. The number of aryl methyl sites for hydroxylation is 1. The number of methoxy groups -OCH3 is 1. The third-order valence-electron chi connectivity index (χ3n) is 1.89. The average Bonchev–Trinajstić information content (AvgIpc) is 2.44. The number of primary amides is 1. The topological polar surface area (TPSA) is 113 Å². The van der Waals surface area contributed by atoms with Crippen LogP contribution in [-0.4, -0.2) is 28.5 Å². The molecule has 0 aliphatic rings. The number of ether oxygens (including phenoxy) is 1. The van der Waals surface area contributed by atoms with Gasteiger partial charge in [-0.05, 0) is 6.92 Å². The Bertz CT molecular complexity index is 410. The number of imidazole rings is 1. The second-order valence-corrected chi connectivity index (χ2v) is 2.94. The van der Waals surface area contributed by atoms with E-state index in [1.165, 1.54) is 11.7 Å². The maximum absolute atomic E-state index is 11.2. The van der Waals surface area contributed by atoms with E-state index < -0.39 is 11.9 Å². The van der Waals surface area contributed by atoms with E-state index >= 15 is 0 Å². The molecule has 1 aromatic heterocycles. The zero-order valence-electron chi connectivity index (χ0n) is 8.48. The first-order valence-corrected chi connectivity index (χ1v) is 4.16. The molecule has 0 fully saturated rings. The summed E-state index contributed by atoms with van der Waals surface area (Å²) in [4.78, 5) is 25.8. The van der Waals surface area contributed by atoms with E-state index in [0.29, 0.717) is 5.82 Å². The maximum atomic E-state index is 11.2. The summed E-state index contributed by atoms with van der Waals surface area (Å²) >= 11 is 0. The Hall–Kier alpha value is -2.05. The number of aromatic nitrogens is 2. The molecule has 7 heteroatoms. The molecule has 1 amide bonds. The number of rotatable bonds is 3. The van der Waals surface area contributed by atoms with Crippen molar-refractivity contribution in [3.05, 3.63) is 11.5 Å². The Morgan fingerprint density at radius 1 is 1.53 bits per heavy atom. The average molecular weight is 212 g/mol. The van der Waals surface area contributed by atoms with Crippen molar-refractivity contribution in [1.29, 1.82) is 0 Å². The van der Waals surface area contributed by atoms with Gasteiger partial charge in [-0.15, -0.1) is 0 Å². The van der Waals surface area contributed by atoms with Crippen LogP contribution < -0.4 is 11.5 Å². The summed E-state index contributed by atoms with van der Waals surface area (Å²) in [5, 5.41) is 0. The highest BCUT2D eigenvalue weighted by molar-refractivity contribution is 5.92. The van der Waals surface area contributed by atoms with Crippen LogP contribution in [0.4, 0.5) is 5.82 Å². The summed E-state index contributed by atoms with van der Waals surface area (Å²) in [7, 11) is 1.23. The molecule has 1 aromatic rings. The Balaban J connectivity index is 3.14. The fraction of sp³-hybridized carbons (Fsp3) is 0.375. The fourth-order valence-electron chi connectivity index (χ4n) is 1.18. The van der Waals surface area contributed by atoms with Gasteiger partial charge in [-0.25, -0.2) is 9.78 Å². The van der Waals surface area contributed by atoms with Crippen LogP contribution in [0.1, 0.15) is 16.3 Å². The predicted molar refractivity (Wildman–Crippen MR) is 51.9 cm³/mol. The summed E-state index contributed by atoms with van der Waals surface area (Å²) in [5.41, 5.74) is 10.6. The minimum absolute atomic E-state index is 0.00347. The van der Waals surface area contributed by atoms with Crippen molar-refractivity contribution < 1.29 is 14.3 Å². The van der Waals surface area contributed by atoms with E-state index in [1.54, 1.807) is 6.92 Å². The van der Waals surface area contributed by atoms with E-state index in [1.807, 2.05) is 0 Å². The number of carbonyl (C=O) groups excluding carboxylic acids is 2. The largest absolute Gasteiger partial charge is 0.464 e. The lowest BCUT2D eigenvalue weighted by molar-refractivity contribution is -0.118. The van der Waals surface area contributed by atoms with Gasteiger partial charge in [0, 0.05) is 0 Å². The Morgan fingerprint density at radius 3 is 2.60 bits per heavy atom. The van der Waals surface area contributed by atoms with Gasteiger partial charge in [-0.1, -0.05) is 0 Å². The Kier molecular flexibility index (Phi) is 2.93. The second-order valence-electron chi connectivity index (χ2n) is 2.94. The minimum atomic E-state index is -0.640. The van der Waals surface area contributed by atoms with E-state index in [2.05, 4.69) is 9.72 Å². The lowest BCUT2D eigenvalue weighted by Gasteiger charge is -2.03. The predicted octanol–water partition coefficient (Wildman–Crippen LogP) is -0.954. The van der Waals surface area contributed by atoms with Gasteiger partial charge in [0.05, 0.1) is 7.11 Å². The van der Waals surface area contributed by atoms with E-state index in [-0.39, 0.29) is 18.1 Å². The first-order valence-electron chi connectivity index (χ1n) is 4.16. The van der Waals surface area contributed by atoms with Crippen molar-refractivity contribution in [3.63, 3.8) is 0 Å². The highest BCUT2D eigenvalue weighted by atomic mass is 16.5. The molecule has 0 atom stereocenters. The maximum Gasteiger partial charge on any atom is 0.360 e. The van der Waals surface area contributed by atoms with Gasteiger partial charge < -0.3 is 20.8 Å². The van der Waals surface area contributed by atoms with Crippen LogP contribution in [-0.2, 0) is 16.1 Å². The van der Waals surface area contributed by atoms with Crippen LogP contribution in [0.2, 0.25) is 0 Å². The molecule has 15 heavy (non-hydrogen) atoms. The minimum Gasteiger partial charge on any atom is -0.464 e. The van der Waals surface area contributed by atoms with Crippen LogP contribution >= 0.6 is 0 Å². The number of amides is 1. The SMILES string of the molecule is COC(=O)c1nc(C)n(CC(N)=O)c1N. The normalized spacial score (nSPS) is 10.0. The molecular weight excluding hydrogens is 200 g/mol. The molecule has 0 saturated carbocycles. The number of hydrogen-bond donors (Lipinski definition) is 2. The van der Waals surface area contributed by atoms with Gasteiger partial charge >= 0.3 is 5.97 Å². The van der Waals surface area contributed by atoms with Gasteiger partial charge in [-0.3, -0.25) is 4.79 Å². The van der Waals surface area contributed by atoms with Crippen molar-refractivity contribution in [1.82, 2.24) is 9.55 Å². The summed E-state index contributed by atoms with van der Waals surface area (Å²) in [6.07, 6.45) is 0. The van der Waals surface area contributed by atoms with Gasteiger partial charge in [0.2, 0.25) is 5.91 Å². The molecule has 0 bridgehead atoms. The molecule has 0 spiro atoms. The molecule has 0 radical (unpaired) electrons. The standard InChI is InChI=1S/C8H12N4O3/c1-4-11-6(8(14)15-2)7(10)12(4)3-5(9)13/h3,10H2,1-2H3,(H2,9,13). The van der Waals surface area contributed by atoms with Crippen LogP contribution in [0.5, 0.6) is 0 Å². The van der Waals surface area contributed by atoms with Crippen LogP contribution in [0, 0.1) is 6.92 Å². The molecule has 0 aliphatic carbocycles. The molecule has 1 rings (SSSR count). The number of anilines is 1. The molecule has 0 unspecified atom stereocenters. The summed E-state index contributed by atoms with van der Waals surface area (Å²) in [5.74, 6) is -0.678. The number of nitrogens with zero attached hydrogens (tertiary/aromatic N) is 2. The summed E-state index contributed by atoms with van der Waals surface area (Å²) in [6.45, 7) is 1.51. The Morgan fingerprint density at radius 2 is 2.13 bits per heavy atom. The van der Waals surface area contributed by atoms with E-state index in [0.717, 1.165) is 0 Å². The number of nitrogen functional groups attached to an aromatic ring is 1. The third kappa shape index (κ3) is 2.06. The number of hydrogen-bond acceptors (Lipinski definition) is 5. The molecule has 0 saturated heterocycles. The number of esters is 1. The molecule has 0 aliphatic heterocycles. The van der Waals surface area contributed by atoms with Gasteiger partial charge in [0.25, 0.3) is 0 Å². The quantitative estimate of drug-likeness (QED) is 0.627. The first-order chi connectivity index (χ1) is 6.97. The fourth-order valence-corrected chi connectivity index (χ4v) is 1.18. The lowest BCUT2D eigenvalue weighted by Crippen LogP contribution is -2.20. The van der Waals surface area contributed by atoms with Gasteiger partial charge in [-0.2, -0.15) is 0 Å². The highest BCUT2D eigenvalue weighted by Crippen LogP contribution is 2.14. The van der Waals surface area contributed by atoms with Crippen molar-refractivity contribution >= 4 is 17.7 Å². The van der Waals surface area contributed by atoms with E-state index in [4.69, 9.17) is 11.5 Å². The van der Waals surface area contributed by atoms with Gasteiger partial charge in [0.1, 0.15) is 18.2 Å². The van der Waals surface area contributed by atoms with Crippen molar-refractivity contribution in [2.75, 3.05) is 12.8 Å².